The molecular formula is C12H16ClFO. The second-order valence-electron chi connectivity index (χ2n) is 4.80. The van der Waals surface area contributed by atoms with Crippen molar-refractivity contribution in [3.05, 3.63) is 34.6 Å². The molecule has 0 heterocycles. The molecule has 0 radical (unpaired) electrons. The maximum absolute atomic E-state index is 13.1. The van der Waals surface area contributed by atoms with E-state index in [2.05, 4.69) is 0 Å². The number of halogens is 2. The summed E-state index contributed by atoms with van der Waals surface area (Å²) in [6, 6.07) is 4.65. The van der Waals surface area contributed by atoms with Gasteiger partial charge in [-0.2, -0.15) is 0 Å². The minimum atomic E-state index is -0.531. The van der Waals surface area contributed by atoms with Crippen molar-refractivity contribution in [2.75, 3.05) is 0 Å². The van der Waals surface area contributed by atoms with Gasteiger partial charge < -0.3 is 5.11 Å². The Morgan fingerprint density at radius 3 is 2.53 bits per heavy atom. The number of aliphatic hydroxyl groups is 1. The lowest BCUT2D eigenvalue weighted by molar-refractivity contribution is 0.0636. The fourth-order valence-electron chi connectivity index (χ4n) is 1.22. The van der Waals surface area contributed by atoms with E-state index in [0.717, 1.165) is 0 Å². The second kappa shape index (κ2) is 4.50. The van der Waals surface area contributed by atoms with E-state index in [1.54, 1.807) is 12.1 Å². The molecule has 1 aromatic carbocycles. The van der Waals surface area contributed by atoms with Crippen LogP contribution in [0.5, 0.6) is 0 Å². The number of rotatable bonds is 2. The normalized spacial score (nSPS) is 14.0. The van der Waals surface area contributed by atoms with Gasteiger partial charge in [0.2, 0.25) is 0 Å². The average Bonchev–Trinajstić information content (AvgIpc) is 2.11. The van der Waals surface area contributed by atoms with Crippen molar-refractivity contribution in [1.82, 2.24) is 0 Å². The fraction of sp³-hybridized carbons (Fsp3) is 0.500. The highest BCUT2D eigenvalue weighted by molar-refractivity contribution is 6.31. The van der Waals surface area contributed by atoms with Crippen molar-refractivity contribution in [3.63, 3.8) is 0 Å². The quantitative estimate of drug-likeness (QED) is 0.826. The molecule has 3 heteroatoms. The van der Waals surface area contributed by atoms with Gasteiger partial charge in [0, 0.05) is 6.42 Å². The molecule has 1 aromatic rings. The minimum absolute atomic E-state index is 0.112. The van der Waals surface area contributed by atoms with Crippen molar-refractivity contribution >= 4 is 11.6 Å². The van der Waals surface area contributed by atoms with Crippen LogP contribution in [0, 0.1) is 11.2 Å². The molecule has 0 bridgehead atoms. The van der Waals surface area contributed by atoms with Crippen LogP contribution in [0.2, 0.25) is 5.02 Å². The van der Waals surface area contributed by atoms with Gasteiger partial charge >= 0.3 is 0 Å². The molecule has 1 N–H and O–H groups in total. The van der Waals surface area contributed by atoms with Crippen LogP contribution in [0.25, 0.3) is 0 Å². The Balaban J connectivity index is 2.86. The van der Waals surface area contributed by atoms with Gasteiger partial charge in [0.25, 0.3) is 0 Å². The van der Waals surface area contributed by atoms with Crippen molar-refractivity contribution in [2.45, 2.75) is 33.3 Å². The Kier molecular flexibility index (Phi) is 3.74. The molecule has 0 aromatic heterocycles. The van der Waals surface area contributed by atoms with E-state index in [-0.39, 0.29) is 10.4 Å². The smallest absolute Gasteiger partial charge is 0.142 e. The highest BCUT2D eigenvalue weighted by Crippen LogP contribution is 2.26. The number of benzene rings is 1. The number of hydrogen-bond acceptors (Lipinski definition) is 1. The SMILES string of the molecule is CC(C)(C)C(O)Cc1cccc(F)c1Cl. The first-order valence-electron chi connectivity index (χ1n) is 4.93. The lowest BCUT2D eigenvalue weighted by Crippen LogP contribution is -2.28. The molecule has 0 aliphatic heterocycles. The highest BCUT2D eigenvalue weighted by atomic mass is 35.5. The van der Waals surface area contributed by atoms with Gasteiger partial charge in [-0.25, -0.2) is 4.39 Å². The lowest BCUT2D eigenvalue weighted by atomic mass is 9.85. The Morgan fingerprint density at radius 2 is 2.00 bits per heavy atom. The lowest BCUT2D eigenvalue weighted by Gasteiger charge is -2.26. The van der Waals surface area contributed by atoms with Crippen LogP contribution in [-0.2, 0) is 6.42 Å². The Labute approximate surface area is 94.9 Å². The molecule has 0 saturated heterocycles. The number of aliphatic hydroxyl groups excluding tert-OH is 1. The van der Waals surface area contributed by atoms with Crippen molar-refractivity contribution in [1.29, 1.82) is 0 Å². The van der Waals surface area contributed by atoms with E-state index in [1.807, 2.05) is 20.8 Å². The molecule has 0 aliphatic carbocycles. The van der Waals surface area contributed by atoms with Gasteiger partial charge in [-0.3, -0.25) is 0 Å². The summed E-state index contributed by atoms with van der Waals surface area (Å²) in [4.78, 5) is 0. The fourth-order valence-corrected chi connectivity index (χ4v) is 1.42. The van der Waals surface area contributed by atoms with Crippen LogP contribution in [0.1, 0.15) is 26.3 Å². The van der Waals surface area contributed by atoms with E-state index in [0.29, 0.717) is 12.0 Å². The zero-order valence-electron chi connectivity index (χ0n) is 9.22. The molecule has 1 atom stereocenters. The van der Waals surface area contributed by atoms with E-state index >= 15 is 0 Å². The van der Waals surface area contributed by atoms with Crippen LogP contribution in [0.3, 0.4) is 0 Å². The Hall–Kier alpha value is -0.600. The van der Waals surface area contributed by atoms with Crippen LogP contribution in [-0.4, -0.2) is 11.2 Å². The van der Waals surface area contributed by atoms with E-state index < -0.39 is 11.9 Å². The zero-order valence-corrected chi connectivity index (χ0v) is 9.98. The first-order chi connectivity index (χ1) is 6.82. The molecule has 0 amide bonds. The Morgan fingerprint density at radius 1 is 1.40 bits per heavy atom. The monoisotopic (exact) mass is 230 g/mol. The third-order valence-electron chi connectivity index (χ3n) is 2.44. The first kappa shape index (κ1) is 12.5. The maximum Gasteiger partial charge on any atom is 0.142 e. The molecule has 0 spiro atoms. The standard InChI is InChI=1S/C12H16ClFO/c1-12(2,3)10(15)7-8-5-4-6-9(14)11(8)13/h4-6,10,15H,7H2,1-3H3. The largest absolute Gasteiger partial charge is 0.392 e. The summed E-state index contributed by atoms with van der Waals surface area (Å²) >= 11 is 5.80. The molecule has 1 rings (SSSR count). The summed E-state index contributed by atoms with van der Waals surface area (Å²) in [5, 5.41) is 9.99. The third kappa shape index (κ3) is 3.18. The topological polar surface area (TPSA) is 20.2 Å². The molecule has 1 nitrogen and oxygen atoms in total. The average molecular weight is 231 g/mol. The molecule has 84 valence electrons. The zero-order chi connectivity index (χ0) is 11.6. The van der Waals surface area contributed by atoms with E-state index in [4.69, 9.17) is 11.6 Å². The van der Waals surface area contributed by atoms with Crippen molar-refractivity contribution in [3.8, 4) is 0 Å². The van der Waals surface area contributed by atoms with E-state index in [9.17, 15) is 9.50 Å². The molecule has 0 aliphatic rings. The van der Waals surface area contributed by atoms with Crippen LogP contribution in [0.15, 0.2) is 18.2 Å². The Bertz CT molecular complexity index is 344. The molecular weight excluding hydrogens is 215 g/mol. The van der Waals surface area contributed by atoms with Crippen LogP contribution >= 0.6 is 11.6 Å². The van der Waals surface area contributed by atoms with Gasteiger partial charge in [0.1, 0.15) is 5.82 Å². The van der Waals surface area contributed by atoms with Crippen LogP contribution in [0.4, 0.5) is 4.39 Å². The summed E-state index contributed by atoms with van der Waals surface area (Å²) in [5.74, 6) is -0.435. The maximum atomic E-state index is 13.1. The van der Waals surface area contributed by atoms with Gasteiger partial charge in [0.15, 0.2) is 0 Å². The van der Waals surface area contributed by atoms with Crippen LogP contribution < -0.4 is 0 Å². The second-order valence-corrected chi connectivity index (χ2v) is 5.18. The van der Waals surface area contributed by atoms with Gasteiger partial charge in [-0.05, 0) is 17.0 Å². The highest BCUT2D eigenvalue weighted by Gasteiger charge is 2.23. The molecule has 15 heavy (non-hydrogen) atoms. The van der Waals surface area contributed by atoms with Gasteiger partial charge in [-0.1, -0.05) is 44.5 Å². The van der Waals surface area contributed by atoms with Gasteiger partial charge in [-0.15, -0.1) is 0 Å². The van der Waals surface area contributed by atoms with Crippen molar-refractivity contribution < 1.29 is 9.50 Å². The summed E-state index contributed by atoms with van der Waals surface area (Å²) in [6.07, 6.45) is -0.156. The predicted molar refractivity (Wildman–Crippen MR) is 60.6 cm³/mol. The third-order valence-corrected chi connectivity index (χ3v) is 2.87. The minimum Gasteiger partial charge on any atom is -0.392 e. The summed E-state index contributed by atoms with van der Waals surface area (Å²) in [5.41, 5.74) is 0.425. The first-order valence-corrected chi connectivity index (χ1v) is 5.31. The predicted octanol–water partition coefficient (Wildman–Crippen LogP) is 3.43. The summed E-state index contributed by atoms with van der Waals surface area (Å²) in [7, 11) is 0. The molecule has 1 unspecified atom stereocenters. The molecule has 0 saturated carbocycles. The summed E-state index contributed by atoms with van der Waals surface area (Å²) in [6.45, 7) is 5.81. The molecule has 0 fully saturated rings. The van der Waals surface area contributed by atoms with E-state index in [1.165, 1.54) is 6.07 Å². The van der Waals surface area contributed by atoms with Gasteiger partial charge in [0.05, 0.1) is 11.1 Å². The summed E-state index contributed by atoms with van der Waals surface area (Å²) < 4.78 is 13.1. The number of hydrogen-bond donors (Lipinski definition) is 1. The van der Waals surface area contributed by atoms with Crippen molar-refractivity contribution in [2.24, 2.45) is 5.41 Å².